The fourth-order valence-electron chi connectivity index (χ4n) is 3.17. The molecule has 0 saturated heterocycles. The molecule has 3 rings (SSSR count). The molecular formula is C21H19NO5. The average molecular weight is 365 g/mol. The number of carbonyl (C=O) groups excluding carboxylic acids is 3. The number of ketones is 1. The molecule has 2 aromatic rings. The number of amides is 1. The lowest BCUT2D eigenvalue weighted by Gasteiger charge is -2.27. The first-order chi connectivity index (χ1) is 13.0. The Bertz CT molecular complexity index is 915. The van der Waals surface area contributed by atoms with Gasteiger partial charge in [-0.1, -0.05) is 37.3 Å². The zero-order valence-corrected chi connectivity index (χ0v) is 15.0. The van der Waals surface area contributed by atoms with E-state index in [2.05, 4.69) is 4.74 Å². The highest BCUT2D eigenvalue weighted by atomic mass is 16.5. The van der Waals surface area contributed by atoms with Crippen LogP contribution in [0.3, 0.4) is 0 Å². The van der Waals surface area contributed by atoms with Crippen molar-refractivity contribution in [1.29, 1.82) is 0 Å². The average Bonchev–Trinajstić information content (AvgIpc) is 2.98. The van der Waals surface area contributed by atoms with Gasteiger partial charge >= 0.3 is 5.97 Å². The van der Waals surface area contributed by atoms with Gasteiger partial charge in [0.1, 0.15) is 0 Å². The smallest absolute Gasteiger partial charge is 0.337 e. The predicted molar refractivity (Wildman–Crippen MR) is 99.4 cm³/mol. The molecule has 138 valence electrons. The summed E-state index contributed by atoms with van der Waals surface area (Å²) in [5.74, 6) is -1.96. The standard InChI is InChI=1S/C21H19NO5/c1-3-16(23)17-18(13-7-5-4-6-8-13)22(20(25)19(17)24)15-11-9-14(10-12-15)21(26)27-2/h4-12,18,24H,3H2,1-2H3. The van der Waals surface area contributed by atoms with Crippen molar-refractivity contribution < 1.29 is 24.2 Å². The third-order valence-corrected chi connectivity index (χ3v) is 4.51. The van der Waals surface area contributed by atoms with E-state index < -0.39 is 23.7 Å². The molecule has 6 nitrogen and oxygen atoms in total. The Morgan fingerprint density at radius 3 is 2.26 bits per heavy atom. The SMILES string of the molecule is CCC(=O)C1=C(O)C(=O)N(c2ccc(C(=O)OC)cc2)C1c1ccccc1. The number of aliphatic hydroxyl groups excluding tert-OH is 1. The molecule has 6 heteroatoms. The van der Waals surface area contributed by atoms with Gasteiger partial charge in [0.2, 0.25) is 0 Å². The summed E-state index contributed by atoms with van der Waals surface area (Å²) < 4.78 is 4.68. The molecule has 0 radical (unpaired) electrons. The first kappa shape index (κ1) is 18.4. The minimum absolute atomic E-state index is 0.0887. The second-order valence-corrected chi connectivity index (χ2v) is 6.07. The lowest BCUT2D eigenvalue weighted by atomic mass is 9.95. The Balaban J connectivity index is 2.09. The van der Waals surface area contributed by atoms with Gasteiger partial charge in [0.25, 0.3) is 5.91 Å². The van der Waals surface area contributed by atoms with Crippen LogP contribution in [0.5, 0.6) is 0 Å². The quantitative estimate of drug-likeness (QED) is 0.822. The van der Waals surface area contributed by atoms with Gasteiger partial charge in [0.15, 0.2) is 11.5 Å². The van der Waals surface area contributed by atoms with E-state index in [0.29, 0.717) is 16.8 Å². The Labute approximate surface area is 156 Å². The van der Waals surface area contributed by atoms with Gasteiger partial charge in [-0.05, 0) is 29.8 Å². The molecule has 0 bridgehead atoms. The number of anilines is 1. The van der Waals surface area contributed by atoms with Crippen LogP contribution < -0.4 is 4.90 Å². The number of rotatable bonds is 5. The normalized spacial score (nSPS) is 16.6. The van der Waals surface area contributed by atoms with Gasteiger partial charge in [-0.3, -0.25) is 14.5 Å². The number of esters is 1. The van der Waals surface area contributed by atoms with Gasteiger partial charge in [0.05, 0.1) is 24.3 Å². The van der Waals surface area contributed by atoms with Crippen LogP contribution in [0.4, 0.5) is 5.69 Å². The molecule has 0 aromatic heterocycles. The zero-order chi connectivity index (χ0) is 19.6. The van der Waals surface area contributed by atoms with Crippen molar-refractivity contribution in [1.82, 2.24) is 0 Å². The van der Waals surface area contributed by atoms with Crippen LogP contribution in [0.2, 0.25) is 0 Å². The molecule has 0 spiro atoms. The van der Waals surface area contributed by atoms with E-state index in [-0.39, 0.29) is 17.8 Å². The van der Waals surface area contributed by atoms with E-state index in [1.54, 1.807) is 31.2 Å². The van der Waals surface area contributed by atoms with E-state index in [9.17, 15) is 19.5 Å². The van der Waals surface area contributed by atoms with Crippen LogP contribution in [-0.4, -0.2) is 29.9 Å². The third-order valence-electron chi connectivity index (χ3n) is 4.51. The third kappa shape index (κ3) is 3.21. The second-order valence-electron chi connectivity index (χ2n) is 6.07. The minimum Gasteiger partial charge on any atom is -0.503 e. The number of hydrogen-bond donors (Lipinski definition) is 1. The molecule has 27 heavy (non-hydrogen) atoms. The van der Waals surface area contributed by atoms with Gasteiger partial charge in [-0.2, -0.15) is 0 Å². The fraction of sp³-hybridized carbons (Fsp3) is 0.190. The van der Waals surface area contributed by atoms with Crippen molar-refractivity contribution in [2.45, 2.75) is 19.4 Å². The fourth-order valence-corrected chi connectivity index (χ4v) is 3.17. The molecule has 0 aliphatic carbocycles. The molecule has 1 aliphatic heterocycles. The Morgan fingerprint density at radius 1 is 1.07 bits per heavy atom. The first-order valence-electron chi connectivity index (χ1n) is 8.52. The molecule has 1 amide bonds. The molecule has 0 fully saturated rings. The van der Waals surface area contributed by atoms with Crippen LogP contribution in [-0.2, 0) is 14.3 Å². The summed E-state index contributed by atoms with van der Waals surface area (Å²) in [7, 11) is 1.29. The number of aliphatic hydroxyl groups is 1. The molecule has 0 saturated carbocycles. The van der Waals surface area contributed by atoms with Gasteiger partial charge in [-0.15, -0.1) is 0 Å². The van der Waals surface area contributed by atoms with E-state index in [1.807, 2.05) is 18.2 Å². The van der Waals surface area contributed by atoms with E-state index in [4.69, 9.17) is 0 Å². The van der Waals surface area contributed by atoms with E-state index >= 15 is 0 Å². The van der Waals surface area contributed by atoms with Crippen LogP contribution >= 0.6 is 0 Å². The Kier molecular flexibility index (Phi) is 5.07. The predicted octanol–water partition coefficient (Wildman–Crippen LogP) is 3.35. The van der Waals surface area contributed by atoms with E-state index in [1.165, 1.54) is 24.1 Å². The maximum atomic E-state index is 12.8. The van der Waals surface area contributed by atoms with Gasteiger partial charge in [0, 0.05) is 12.1 Å². The number of nitrogens with zero attached hydrogens (tertiary/aromatic N) is 1. The van der Waals surface area contributed by atoms with E-state index in [0.717, 1.165) is 0 Å². The summed E-state index contributed by atoms with van der Waals surface area (Å²) in [6.07, 6.45) is 0.172. The highest BCUT2D eigenvalue weighted by Crippen LogP contribution is 2.41. The maximum Gasteiger partial charge on any atom is 0.337 e. The van der Waals surface area contributed by atoms with Crippen molar-refractivity contribution in [2.75, 3.05) is 12.0 Å². The number of methoxy groups -OCH3 is 1. The van der Waals surface area contributed by atoms with Gasteiger partial charge in [-0.25, -0.2) is 4.79 Å². The number of hydrogen-bond acceptors (Lipinski definition) is 5. The number of carbonyl (C=O) groups is 3. The molecule has 1 N–H and O–H groups in total. The number of ether oxygens (including phenoxy) is 1. The summed E-state index contributed by atoms with van der Waals surface area (Å²) in [5, 5.41) is 10.4. The monoisotopic (exact) mass is 365 g/mol. The van der Waals surface area contributed by atoms with Crippen molar-refractivity contribution in [3.05, 3.63) is 77.1 Å². The largest absolute Gasteiger partial charge is 0.503 e. The second kappa shape index (κ2) is 7.45. The Hall–Kier alpha value is -3.41. The minimum atomic E-state index is -0.727. The zero-order valence-electron chi connectivity index (χ0n) is 15.0. The topological polar surface area (TPSA) is 83.9 Å². The maximum absolute atomic E-state index is 12.8. The molecular weight excluding hydrogens is 346 g/mol. The highest BCUT2D eigenvalue weighted by Gasteiger charge is 2.43. The van der Waals surface area contributed by atoms with Crippen LogP contribution in [0, 0.1) is 0 Å². The summed E-state index contributed by atoms with van der Waals surface area (Å²) >= 11 is 0. The molecule has 2 aromatic carbocycles. The van der Waals surface area contributed by atoms with Crippen molar-refractivity contribution in [3.63, 3.8) is 0 Å². The van der Waals surface area contributed by atoms with Crippen molar-refractivity contribution >= 4 is 23.3 Å². The van der Waals surface area contributed by atoms with Gasteiger partial charge < -0.3 is 9.84 Å². The lowest BCUT2D eigenvalue weighted by Crippen LogP contribution is -2.31. The van der Waals surface area contributed by atoms with Crippen molar-refractivity contribution in [3.8, 4) is 0 Å². The van der Waals surface area contributed by atoms with Crippen LogP contribution in [0.15, 0.2) is 65.9 Å². The molecule has 1 atom stereocenters. The summed E-state index contributed by atoms with van der Waals surface area (Å²) in [6, 6.07) is 14.6. The van der Waals surface area contributed by atoms with Crippen molar-refractivity contribution in [2.24, 2.45) is 0 Å². The highest BCUT2D eigenvalue weighted by molar-refractivity contribution is 6.16. The van der Waals surface area contributed by atoms with Crippen LogP contribution in [0.25, 0.3) is 0 Å². The summed E-state index contributed by atoms with van der Waals surface area (Å²) in [6.45, 7) is 1.68. The van der Waals surface area contributed by atoms with Crippen LogP contribution in [0.1, 0.15) is 35.3 Å². The first-order valence-corrected chi connectivity index (χ1v) is 8.52. The summed E-state index contributed by atoms with van der Waals surface area (Å²) in [5.41, 5.74) is 1.60. The molecule has 1 aliphatic rings. The Morgan fingerprint density at radius 2 is 1.70 bits per heavy atom. The number of benzene rings is 2. The number of Topliss-reactive ketones (excluding diaryl/α,β-unsaturated/α-hetero) is 1. The molecule has 1 heterocycles. The molecule has 1 unspecified atom stereocenters. The summed E-state index contributed by atoms with van der Waals surface area (Å²) in [4.78, 5) is 38.2. The lowest BCUT2D eigenvalue weighted by molar-refractivity contribution is -0.118.